The van der Waals surface area contributed by atoms with Gasteiger partial charge in [0.15, 0.2) is 0 Å². The first-order valence-electron chi connectivity index (χ1n) is 7.71. The van der Waals surface area contributed by atoms with E-state index in [0.717, 1.165) is 32.1 Å². The quantitative estimate of drug-likeness (QED) is 0.825. The van der Waals surface area contributed by atoms with E-state index in [1.54, 1.807) is 12.1 Å². The van der Waals surface area contributed by atoms with Gasteiger partial charge in [-0.05, 0) is 43.2 Å². The van der Waals surface area contributed by atoms with Gasteiger partial charge in [0, 0.05) is 18.7 Å². The fourth-order valence-electron chi connectivity index (χ4n) is 2.69. The van der Waals surface area contributed by atoms with Gasteiger partial charge in [0.25, 0.3) is 0 Å². The number of hydrogen-bond donors (Lipinski definition) is 1. The first kappa shape index (κ1) is 17.3. The molecule has 0 unspecified atom stereocenters. The number of nitrogens with one attached hydrogen (secondary N) is 1. The molecule has 0 saturated carbocycles. The van der Waals surface area contributed by atoms with Gasteiger partial charge in [-0.2, -0.15) is 13.2 Å². The summed E-state index contributed by atoms with van der Waals surface area (Å²) in [6.07, 6.45) is -2.15. The molecular formula is C17H17ClF3NO2. The van der Waals surface area contributed by atoms with Crippen molar-refractivity contribution >= 4 is 11.6 Å². The average molecular weight is 360 g/mol. The lowest BCUT2D eigenvalue weighted by molar-refractivity contribution is -0.137. The van der Waals surface area contributed by atoms with Crippen molar-refractivity contribution in [3.63, 3.8) is 0 Å². The Morgan fingerprint density at radius 1 is 1.21 bits per heavy atom. The van der Waals surface area contributed by atoms with Crippen LogP contribution < -0.4 is 5.32 Å². The molecule has 1 aliphatic heterocycles. The molecule has 2 heterocycles. The van der Waals surface area contributed by atoms with Crippen molar-refractivity contribution in [3.8, 4) is 11.3 Å². The van der Waals surface area contributed by atoms with Crippen LogP contribution in [0.3, 0.4) is 0 Å². The summed E-state index contributed by atoms with van der Waals surface area (Å²) in [6.45, 7) is 2.03. The van der Waals surface area contributed by atoms with E-state index in [0.29, 0.717) is 23.6 Å². The molecule has 1 N–H and O–H groups in total. The number of alkyl halides is 3. The Morgan fingerprint density at radius 2 is 2.04 bits per heavy atom. The number of rotatable bonds is 5. The molecule has 1 saturated heterocycles. The van der Waals surface area contributed by atoms with Gasteiger partial charge in [0.2, 0.25) is 0 Å². The number of halogens is 4. The Bertz CT molecular complexity index is 693. The van der Waals surface area contributed by atoms with E-state index in [-0.39, 0.29) is 11.1 Å². The smallest absolute Gasteiger partial charge is 0.417 e. The highest BCUT2D eigenvalue weighted by atomic mass is 35.5. The Balaban J connectivity index is 1.66. The minimum Gasteiger partial charge on any atom is -0.460 e. The fraction of sp³-hybridized carbons (Fsp3) is 0.412. The first-order valence-corrected chi connectivity index (χ1v) is 8.09. The molecule has 1 aromatic carbocycles. The molecule has 2 aromatic rings. The van der Waals surface area contributed by atoms with Crippen LogP contribution in [-0.2, 0) is 17.5 Å². The van der Waals surface area contributed by atoms with Crippen LogP contribution in [0.5, 0.6) is 0 Å². The van der Waals surface area contributed by atoms with E-state index in [4.69, 9.17) is 20.8 Å². The highest BCUT2D eigenvalue weighted by Gasteiger charge is 2.33. The van der Waals surface area contributed by atoms with Crippen LogP contribution in [-0.4, -0.2) is 19.3 Å². The minimum absolute atomic E-state index is 0.227. The third kappa shape index (κ3) is 4.12. The van der Waals surface area contributed by atoms with Gasteiger partial charge in [-0.3, -0.25) is 0 Å². The summed E-state index contributed by atoms with van der Waals surface area (Å²) in [5.41, 5.74) is -0.520. The lowest BCUT2D eigenvalue weighted by Gasteiger charge is -2.10. The summed E-state index contributed by atoms with van der Waals surface area (Å²) < 4.78 is 49.9. The minimum atomic E-state index is -4.49. The Labute approximate surface area is 142 Å². The molecular weight excluding hydrogens is 343 g/mol. The average Bonchev–Trinajstić information content (AvgIpc) is 3.18. The third-order valence-corrected chi connectivity index (χ3v) is 4.24. The lowest BCUT2D eigenvalue weighted by atomic mass is 10.1. The normalized spacial score (nSPS) is 18.2. The lowest BCUT2D eigenvalue weighted by Crippen LogP contribution is -2.25. The molecule has 0 bridgehead atoms. The summed E-state index contributed by atoms with van der Waals surface area (Å²) in [4.78, 5) is 0. The highest BCUT2D eigenvalue weighted by Crippen LogP contribution is 2.37. The Morgan fingerprint density at radius 3 is 2.75 bits per heavy atom. The molecule has 0 aliphatic carbocycles. The van der Waals surface area contributed by atoms with Crippen molar-refractivity contribution in [3.05, 3.63) is 46.7 Å². The standard InChI is InChI=1S/C17H17ClF3NO2/c18-15-5-3-11(8-14(15)17(19,20)21)16-6-4-13(24-16)10-22-9-12-2-1-7-23-12/h3-6,8,12,22H,1-2,7,9-10H2/t12-/m0/s1. The maximum atomic E-state index is 12.9. The summed E-state index contributed by atoms with van der Waals surface area (Å²) in [5, 5.41) is 2.91. The zero-order valence-electron chi connectivity index (χ0n) is 12.8. The van der Waals surface area contributed by atoms with Gasteiger partial charge in [0.05, 0.1) is 23.2 Å². The zero-order chi connectivity index (χ0) is 17.2. The van der Waals surface area contributed by atoms with Gasteiger partial charge >= 0.3 is 6.18 Å². The number of hydrogen-bond acceptors (Lipinski definition) is 3. The predicted octanol–water partition coefficient (Wildman–Crippen LogP) is 4.89. The molecule has 1 fully saturated rings. The van der Waals surface area contributed by atoms with Crippen molar-refractivity contribution in [1.29, 1.82) is 0 Å². The van der Waals surface area contributed by atoms with Crippen LogP contribution in [0.2, 0.25) is 5.02 Å². The van der Waals surface area contributed by atoms with E-state index in [1.807, 2.05) is 0 Å². The molecule has 130 valence electrons. The van der Waals surface area contributed by atoms with Gasteiger partial charge in [-0.25, -0.2) is 0 Å². The first-order chi connectivity index (χ1) is 11.4. The van der Waals surface area contributed by atoms with Crippen molar-refractivity contribution < 1.29 is 22.3 Å². The molecule has 7 heteroatoms. The van der Waals surface area contributed by atoms with Crippen LogP contribution in [0.15, 0.2) is 34.7 Å². The van der Waals surface area contributed by atoms with Crippen LogP contribution in [0, 0.1) is 0 Å². The maximum Gasteiger partial charge on any atom is 0.417 e. The predicted molar refractivity (Wildman–Crippen MR) is 84.8 cm³/mol. The second-order valence-corrected chi connectivity index (χ2v) is 6.13. The van der Waals surface area contributed by atoms with Gasteiger partial charge < -0.3 is 14.5 Å². The molecule has 3 rings (SSSR count). The third-order valence-electron chi connectivity index (χ3n) is 3.91. The monoisotopic (exact) mass is 359 g/mol. The second kappa shape index (κ2) is 7.17. The van der Waals surface area contributed by atoms with Crippen LogP contribution >= 0.6 is 11.6 Å². The van der Waals surface area contributed by atoms with Crippen LogP contribution in [0.1, 0.15) is 24.2 Å². The highest BCUT2D eigenvalue weighted by molar-refractivity contribution is 6.31. The molecule has 3 nitrogen and oxygen atoms in total. The summed E-state index contributed by atoms with van der Waals surface area (Å²) in [7, 11) is 0. The van der Waals surface area contributed by atoms with Crippen molar-refractivity contribution in [2.45, 2.75) is 31.7 Å². The van der Waals surface area contributed by atoms with E-state index in [2.05, 4.69) is 5.32 Å². The van der Waals surface area contributed by atoms with Crippen LogP contribution in [0.25, 0.3) is 11.3 Å². The largest absolute Gasteiger partial charge is 0.460 e. The van der Waals surface area contributed by atoms with Crippen molar-refractivity contribution in [2.75, 3.05) is 13.2 Å². The fourth-order valence-corrected chi connectivity index (χ4v) is 2.91. The van der Waals surface area contributed by atoms with Gasteiger partial charge in [-0.1, -0.05) is 11.6 Å². The van der Waals surface area contributed by atoms with Gasteiger partial charge in [0.1, 0.15) is 11.5 Å². The molecule has 0 amide bonds. The van der Waals surface area contributed by atoms with Crippen LogP contribution in [0.4, 0.5) is 13.2 Å². The summed E-state index contributed by atoms with van der Waals surface area (Å²) in [6, 6.07) is 7.16. The van der Waals surface area contributed by atoms with E-state index >= 15 is 0 Å². The number of ether oxygens (including phenoxy) is 1. The van der Waals surface area contributed by atoms with E-state index in [9.17, 15) is 13.2 Å². The maximum absolute atomic E-state index is 12.9. The summed E-state index contributed by atoms with van der Waals surface area (Å²) >= 11 is 5.63. The van der Waals surface area contributed by atoms with E-state index < -0.39 is 11.7 Å². The van der Waals surface area contributed by atoms with Crippen molar-refractivity contribution in [2.24, 2.45) is 0 Å². The topological polar surface area (TPSA) is 34.4 Å². The Hall–Kier alpha value is -1.50. The molecule has 24 heavy (non-hydrogen) atoms. The Kier molecular flexibility index (Phi) is 5.18. The number of benzene rings is 1. The number of furan rings is 1. The second-order valence-electron chi connectivity index (χ2n) is 5.72. The molecule has 0 radical (unpaired) electrons. The van der Waals surface area contributed by atoms with E-state index in [1.165, 1.54) is 12.1 Å². The molecule has 1 aromatic heterocycles. The molecule has 0 spiro atoms. The molecule has 1 aliphatic rings. The summed E-state index contributed by atoms with van der Waals surface area (Å²) in [5.74, 6) is 1.04. The van der Waals surface area contributed by atoms with Gasteiger partial charge in [-0.15, -0.1) is 0 Å². The zero-order valence-corrected chi connectivity index (χ0v) is 13.6. The SMILES string of the molecule is FC(F)(F)c1cc(-c2ccc(CNC[C@@H]3CCCO3)o2)ccc1Cl. The van der Waals surface area contributed by atoms with Crippen molar-refractivity contribution in [1.82, 2.24) is 5.32 Å². The molecule has 1 atom stereocenters.